The normalized spacial score (nSPS) is 21.2. The molecule has 3 nitrogen and oxygen atoms in total. The number of piperidine rings is 1. The highest BCUT2D eigenvalue weighted by molar-refractivity contribution is 7.96. The van der Waals surface area contributed by atoms with E-state index in [-0.39, 0.29) is 11.3 Å². The van der Waals surface area contributed by atoms with Crippen LogP contribution in [0.5, 0.6) is 0 Å². The van der Waals surface area contributed by atoms with Crippen LogP contribution in [-0.2, 0) is 0 Å². The number of aliphatic hydroxyl groups is 1. The highest BCUT2D eigenvalue weighted by atomic mass is 32.1. The van der Waals surface area contributed by atoms with Gasteiger partial charge in [-0.05, 0) is 12.8 Å². The van der Waals surface area contributed by atoms with E-state index in [1.54, 1.807) is 4.90 Å². The maximum atomic E-state index is 10.6. The van der Waals surface area contributed by atoms with Crippen LogP contribution in [0.4, 0.5) is 4.79 Å². The molecule has 0 bridgehead atoms. The Hall–Kier alpha value is -0.220. The smallest absolute Gasteiger partial charge is 0.278 e. The molecule has 1 aliphatic heterocycles. The fourth-order valence-corrected chi connectivity index (χ4v) is 1.26. The predicted molar refractivity (Wildman–Crippen MR) is 41.2 cm³/mol. The van der Waals surface area contributed by atoms with Gasteiger partial charge < -0.3 is 10.0 Å². The minimum absolute atomic E-state index is 0.188. The molecule has 58 valence electrons. The maximum Gasteiger partial charge on any atom is 0.278 e. The van der Waals surface area contributed by atoms with Crippen molar-refractivity contribution in [1.82, 2.24) is 4.90 Å². The van der Waals surface area contributed by atoms with Crippen LogP contribution < -0.4 is 0 Å². The molecule has 0 atom stereocenters. The number of carbonyl (C=O) groups is 1. The van der Waals surface area contributed by atoms with E-state index in [2.05, 4.69) is 12.6 Å². The van der Waals surface area contributed by atoms with Crippen molar-refractivity contribution in [3.8, 4) is 0 Å². The minimum Gasteiger partial charge on any atom is -0.393 e. The van der Waals surface area contributed by atoms with E-state index in [0.29, 0.717) is 25.9 Å². The van der Waals surface area contributed by atoms with Crippen molar-refractivity contribution >= 4 is 17.9 Å². The van der Waals surface area contributed by atoms with Crippen molar-refractivity contribution in [2.45, 2.75) is 18.9 Å². The lowest BCUT2D eigenvalue weighted by Crippen LogP contribution is -2.37. The monoisotopic (exact) mass is 161 g/mol. The molecule has 1 amide bonds. The summed E-state index contributed by atoms with van der Waals surface area (Å²) in [6.07, 6.45) is 1.16. The fraction of sp³-hybridized carbons (Fsp3) is 0.833. The summed E-state index contributed by atoms with van der Waals surface area (Å²) in [5.74, 6) is 0. The van der Waals surface area contributed by atoms with Gasteiger partial charge in [0, 0.05) is 13.1 Å². The molecule has 4 heteroatoms. The van der Waals surface area contributed by atoms with Crippen LogP contribution in [0.1, 0.15) is 12.8 Å². The standard InChI is InChI=1S/C6H11NO2S/c8-5-1-3-7(4-2-5)6(9)10/h5,8H,1-4H2,(H,9,10). The molecule has 0 aromatic rings. The van der Waals surface area contributed by atoms with Crippen molar-refractivity contribution in [1.29, 1.82) is 0 Å². The molecule has 0 unspecified atom stereocenters. The largest absolute Gasteiger partial charge is 0.393 e. The number of aliphatic hydroxyl groups excluding tert-OH is 1. The Morgan fingerprint density at radius 3 is 2.40 bits per heavy atom. The van der Waals surface area contributed by atoms with Gasteiger partial charge in [-0.3, -0.25) is 4.79 Å². The van der Waals surface area contributed by atoms with Crippen LogP contribution in [0.3, 0.4) is 0 Å². The topological polar surface area (TPSA) is 40.5 Å². The molecule has 0 aromatic heterocycles. The average Bonchev–Trinajstić information content (AvgIpc) is 1.88. The summed E-state index contributed by atoms with van der Waals surface area (Å²) in [7, 11) is 0. The zero-order valence-corrected chi connectivity index (χ0v) is 6.55. The Labute approximate surface area is 65.4 Å². The SMILES string of the molecule is O=C(S)N1CCC(O)CC1. The van der Waals surface area contributed by atoms with Crippen LogP contribution in [0, 0.1) is 0 Å². The van der Waals surface area contributed by atoms with E-state index in [1.807, 2.05) is 0 Å². The predicted octanol–water partition coefficient (Wildman–Crippen LogP) is 0.493. The number of nitrogens with zero attached hydrogens (tertiary/aromatic N) is 1. The molecule has 1 heterocycles. The number of carbonyl (C=O) groups excluding carboxylic acids is 1. The number of rotatable bonds is 0. The Bertz CT molecular complexity index is 132. The third-order valence-corrected chi connectivity index (χ3v) is 2.02. The second-order valence-electron chi connectivity index (χ2n) is 2.50. The molecule has 0 aromatic carbocycles. The molecule has 1 rings (SSSR count). The lowest BCUT2D eigenvalue weighted by Gasteiger charge is -2.27. The average molecular weight is 161 g/mol. The highest BCUT2D eigenvalue weighted by Gasteiger charge is 2.18. The van der Waals surface area contributed by atoms with Crippen LogP contribution in [0.2, 0.25) is 0 Å². The molecule has 1 saturated heterocycles. The van der Waals surface area contributed by atoms with Crippen molar-refractivity contribution in [2.75, 3.05) is 13.1 Å². The van der Waals surface area contributed by atoms with Gasteiger partial charge in [0.2, 0.25) is 0 Å². The molecule has 1 N–H and O–H groups in total. The second kappa shape index (κ2) is 3.25. The summed E-state index contributed by atoms with van der Waals surface area (Å²) in [6, 6.07) is 0. The number of amides is 1. The van der Waals surface area contributed by atoms with Crippen molar-refractivity contribution in [2.24, 2.45) is 0 Å². The van der Waals surface area contributed by atoms with E-state index >= 15 is 0 Å². The van der Waals surface area contributed by atoms with E-state index in [9.17, 15) is 4.79 Å². The first-order valence-corrected chi connectivity index (χ1v) is 3.81. The van der Waals surface area contributed by atoms with E-state index in [0.717, 1.165) is 0 Å². The summed E-state index contributed by atoms with van der Waals surface area (Å²) < 4.78 is 0. The molecule has 0 aliphatic carbocycles. The lowest BCUT2D eigenvalue weighted by molar-refractivity contribution is 0.100. The van der Waals surface area contributed by atoms with Crippen LogP contribution in [0.25, 0.3) is 0 Å². The van der Waals surface area contributed by atoms with Crippen molar-refractivity contribution in [3.05, 3.63) is 0 Å². The van der Waals surface area contributed by atoms with Gasteiger partial charge in [0.25, 0.3) is 5.24 Å². The Morgan fingerprint density at radius 1 is 1.50 bits per heavy atom. The van der Waals surface area contributed by atoms with Gasteiger partial charge >= 0.3 is 0 Å². The molecule has 0 spiro atoms. The lowest BCUT2D eigenvalue weighted by atomic mass is 10.1. The minimum atomic E-state index is -0.219. The van der Waals surface area contributed by atoms with Crippen LogP contribution >= 0.6 is 12.6 Å². The van der Waals surface area contributed by atoms with Gasteiger partial charge in [0.15, 0.2) is 0 Å². The number of hydrogen-bond donors (Lipinski definition) is 2. The second-order valence-corrected chi connectivity index (χ2v) is 2.88. The van der Waals surface area contributed by atoms with Gasteiger partial charge in [-0.15, -0.1) is 0 Å². The summed E-state index contributed by atoms with van der Waals surface area (Å²) in [6.45, 7) is 1.28. The first-order chi connectivity index (χ1) is 4.70. The number of hydrogen-bond acceptors (Lipinski definition) is 2. The summed E-state index contributed by atoms with van der Waals surface area (Å²) in [4.78, 5) is 12.2. The van der Waals surface area contributed by atoms with Gasteiger partial charge in [0.05, 0.1) is 6.10 Å². The van der Waals surface area contributed by atoms with E-state index in [1.165, 1.54) is 0 Å². The maximum absolute atomic E-state index is 10.6. The molecule has 0 saturated carbocycles. The van der Waals surface area contributed by atoms with Crippen LogP contribution in [-0.4, -0.2) is 34.4 Å². The van der Waals surface area contributed by atoms with Gasteiger partial charge in [-0.2, -0.15) is 0 Å². The Balaban J connectivity index is 2.33. The van der Waals surface area contributed by atoms with Gasteiger partial charge in [0.1, 0.15) is 0 Å². The summed E-state index contributed by atoms with van der Waals surface area (Å²) >= 11 is 3.68. The zero-order chi connectivity index (χ0) is 7.56. The zero-order valence-electron chi connectivity index (χ0n) is 5.66. The third kappa shape index (κ3) is 1.88. The third-order valence-electron chi connectivity index (χ3n) is 1.74. The summed E-state index contributed by atoms with van der Waals surface area (Å²) in [5.41, 5.74) is 0. The van der Waals surface area contributed by atoms with E-state index < -0.39 is 0 Å². The number of thiol groups is 1. The molecular formula is C6H11NO2S. The van der Waals surface area contributed by atoms with Gasteiger partial charge in [-0.1, -0.05) is 12.6 Å². The molecule has 1 fully saturated rings. The molecular weight excluding hydrogens is 150 g/mol. The van der Waals surface area contributed by atoms with E-state index in [4.69, 9.17) is 5.11 Å². The van der Waals surface area contributed by atoms with Crippen molar-refractivity contribution < 1.29 is 9.90 Å². The molecule has 1 aliphatic rings. The first-order valence-electron chi connectivity index (χ1n) is 3.36. The van der Waals surface area contributed by atoms with Crippen molar-refractivity contribution in [3.63, 3.8) is 0 Å². The Morgan fingerprint density at radius 2 is 2.00 bits per heavy atom. The highest BCUT2D eigenvalue weighted by Crippen LogP contribution is 2.10. The summed E-state index contributed by atoms with van der Waals surface area (Å²) in [5, 5.41) is 8.86. The quantitative estimate of drug-likeness (QED) is 0.508. The molecule has 10 heavy (non-hydrogen) atoms. The van der Waals surface area contributed by atoms with Crippen LogP contribution in [0.15, 0.2) is 0 Å². The molecule has 0 radical (unpaired) electrons. The Kier molecular flexibility index (Phi) is 2.56. The van der Waals surface area contributed by atoms with Gasteiger partial charge in [-0.25, -0.2) is 0 Å². The number of likely N-dealkylation sites (tertiary alicyclic amines) is 1. The fourth-order valence-electron chi connectivity index (χ4n) is 1.06. The first kappa shape index (κ1) is 7.88.